The molecule has 1 heterocycles. The van der Waals surface area contributed by atoms with E-state index >= 15 is 0 Å². The quantitative estimate of drug-likeness (QED) is 0.413. The van der Waals surface area contributed by atoms with Gasteiger partial charge in [0.25, 0.3) is 5.22 Å². The van der Waals surface area contributed by atoms with Crippen molar-refractivity contribution in [3.05, 3.63) is 64.7 Å². The lowest BCUT2D eigenvalue weighted by Crippen LogP contribution is -2.33. The van der Waals surface area contributed by atoms with Crippen molar-refractivity contribution in [2.45, 2.75) is 50.4 Å². The van der Waals surface area contributed by atoms with E-state index in [1.54, 1.807) is 12.1 Å². The number of carbonyl (C=O) groups excluding carboxylic acids is 1. The van der Waals surface area contributed by atoms with Gasteiger partial charge in [-0.1, -0.05) is 61.5 Å². The van der Waals surface area contributed by atoms with E-state index in [9.17, 15) is 4.79 Å². The van der Waals surface area contributed by atoms with Crippen molar-refractivity contribution in [1.29, 1.82) is 0 Å². The van der Waals surface area contributed by atoms with E-state index in [4.69, 9.17) is 16.0 Å². The fraction of sp³-hybridized carbons (Fsp3) is 0.348. The predicted octanol–water partition coefficient (Wildman–Crippen LogP) is 5.80. The lowest BCUT2D eigenvalue weighted by molar-refractivity contribution is -0.129. The van der Waals surface area contributed by atoms with Gasteiger partial charge in [-0.05, 0) is 54.2 Å². The summed E-state index contributed by atoms with van der Waals surface area (Å²) in [6.45, 7) is 5.01. The standard InChI is InChI=1S/C23H24ClN3O2S/c1-15(2)17-5-3-16(4-6-17)13-27(20-11-12-20)21(28)14-30-23-26-25-22(29-23)18-7-9-19(24)10-8-18/h3-10,15,20H,11-14H2,1-2H3. The van der Waals surface area contributed by atoms with Crippen LogP contribution in [-0.4, -0.2) is 32.8 Å². The largest absolute Gasteiger partial charge is 0.411 e. The van der Waals surface area contributed by atoms with Crippen LogP contribution >= 0.6 is 23.4 Å². The monoisotopic (exact) mass is 441 g/mol. The highest BCUT2D eigenvalue weighted by atomic mass is 35.5. The van der Waals surface area contributed by atoms with Gasteiger partial charge in [-0.15, -0.1) is 10.2 Å². The lowest BCUT2D eigenvalue weighted by atomic mass is 10.0. The molecule has 4 rings (SSSR count). The molecule has 1 amide bonds. The maximum atomic E-state index is 12.9. The molecule has 0 bridgehead atoms. The molecule has 1 aliphatic rings. The average Bonchev–Trinajstić information content (AvgIpc) is 3.48. The van der Waals surface area contributed by atoms with Gasteiger partial charge in [0, 0.05) is 23.2 Å². The van der Waals surface area contributed by atoms with Gasteiger partial charge in [-0.25, -0.2) is 0 Å². The number of benzene rings is 2. The van der Waals surface area contributed by atoms with Crippen molar-refractivity contribution in [2.24, 2.45) is 0 Å². The molecule has 156 valence electrons. The van der Waals surface area contributed by atoms with E-state index in [1.807, 2.05) is 17.0 Å². The molecule has 0 N–H and O–H groups in total. The van der Waals surface area contributed by atoms with E-state index < -0.39 is 0 Å². The summed E-state index contributed by atoms with van der Waals surface area (Å²) in [5.74, 6) is 1.31. The molecule has 5 nitrogen and oxygen atoms in total. The third-order valence-corrected chi connectivity index (χ3v) is 6.18. The Balaban J connectivity index is 1.36. The van der Waals surface area contributed by atoms with Crippen LogP contribution in [0.25, 0.3) is 11.5 Å². The maximum Gasteiger partial charge on any atom is 0.277 e. The van der Waals surface area contributed by atoms with Crippen LogP contribution in [0.3, 0.4) is 0 Å². The molecule has 3 aromatic rings. The van der Waals surface area contributed by atoms with Gasteiger partial charge in [0.2, 0.25) is 11.8 Å². The number of carbonyl (C=O) groups is 1. The number of amides is 1. The van der Waals surface area contributed by atoms with E-state index in [0.29, 0.717) is 34.6 Å². The van der Waals surface area contributed by atoms with Crippen molar-refractivity contribution in [3.8, 4) is 11.5 Å². The minimum Gasteiger partial charge on any atom is -0.411 e. The van der Waals surface area contributed by atoms with Gasteiger partial charge in [0.15, 0.2) is 0 Å². The first-order valence-corrected chi connectivity index (χ1v) is 11.5. The molecule has 1 fully saturated rings. The Kier molecular flexibility index (Phi) is 6.44. The van der Waals surface area contributed by atoms with E-state index in [2.05, 4.69) is 48.3 Å². The van der Waals surface area contributed by atoms with Crippen molar-refractivity contribution < 1.29 is 9.21 Å². The summed E-state index contributed by atoms with van der Waals surface area (Å²) < 4.78 is 5.70. The molecule has 2 aromatic carbocycles. The smallest absolute Gasteiger partial charge is 0.277 e. The molecule has 1 saturated carbocycles. The number of aromatic nitrogens is 2. The Morgan fingerprint density at radius 3 is 2.47 bits per heavy atom. The number of rotatable bonds is 8. The molecular weight excluding hydrogens is 418 g/mol. The van der Waals surface area contributed by atoms with Crippen molar-refractivity contribution in [1.82, 2.24) is 15.1 Å². The Bertz CT molecular complexity index is 998. The average molecular weight is 442 g/mol. The van der Waals surface area contributed by atoms with Crippen molar-refractivity contribution >= 4 is 29.3 Å². The molecule has 0 saturated heterocycles. The van der Waals surface area contributed by atoms with Gasteiger partial charge in [0.1, 0.15) is 0 Å². The van der Waals surface area contributed by atoms with E-state index in [-0.39, 0.29) is 11.7 Å². The molecular formula is C23H24ClN3O2S. The molecule has 0 aliphatic heterocycles. The first-order valence-electron chi connectivity index (χ1n) is 10.1. The van der Waals surface area contributed by atoms with E-state index in [1.165, 1.54) is 17.3 Å². The topological polar surface area (TPSA) is 59.2 Å². The maximum absolute atomic E-state index is 12.9. The number of halogens is 1. The summed E-state index contributed by atoms with van der Waals surface area (Å²) in [5, 5.41) is 9.17. The summed E-state index contributed by atoms with van der Waals surface area (Å²) in [6, 6.07) is 16.1. The van der Waals surface area contributed by atoms with E-state index in [0.717, 1.165) is 24.0 Å². The summed E-state index contributed by atoms with van der Waals surface area (Å²) in [7, 11) is 0. The third-order valence-electron chi connectivity index (χ3n) is 5.12. The number of nitrogens with zero attached hydrogens (tertiary/aromatic N) is 3. The zero-order chi connectivity index (χ0) is 21.1. The first kappa shape index (κ1) is 20.9. The highest BCUT2D eigenvalue weighted by Crippen LogP contribution is 2.30. The summed E-state index contributed by atoms with van der Waals surface area (Å²) >= 11 is 7.20. The van der Waals surface area contributed by atoms with Crippen LogP contribution in [0.1, 0.15) is 43.7 Å². The summed E-state index contributed by atoms with van der Waals surface area (Å²) in [4.78, 5) is 14.9. The predicted molar refractivity (Wildman–Crippen MR) is 120 cm³/mol. The highest BCUT2D eigenvalue weighted by molar-refractivity contribution is 7.99. The molecule has 30 heavy (non-hydrogen) atoms. The minimum atomic E-state index is 0.0988. The van der Waals surface area contributed by atoms with Crippen molar-refractivity contribution in [3.63, 3.8) is 0 Å². The Morgan fingerprint density at radius 2 is 1.83 bits per heavy atom. The number of hydrogen-bond acceptors (Lipinski definition) is 5. The molecule has 0 unspecified atom stereocenters. The lowest BCUT2D eigenvalue weighted by Gasteiger charge is -2.22. The molecule has 7 heteroatoms. The second-order valence-corrected chi connectivity index (χ2v) is 9.18. The second kappa shape index (κ2) is 9.23. The SMILES string of the molecule is CC(C)c1ccc(CN(C(=O)CSc2nnc(-c3ccc(Cl)cc3)o2)C2CC2)cc1. The second-order valence-electron chi connectivity index (χ2n) is 7.82. The zero-order valence-electron chi connectivity index (χ0n) is 17.0. The van der Waals surface area contributed by atoms with Crippen LogP contribution in [0.5, 0.6) is 0 Å². The molecule has 0 radical (unpaired) electrons. The Labute approximate surface area is 185 Å². The highest BCUT2D eigenvalue weighted by Gasteiger charge is 2.32. The molecule has 0 atom stereocenters. The van der Waals surface area contributed by atoms with Crippen LogP contribution in [0, 0.1) is 0 Å². The van der Waals surface area contributed by atoms with Crippen LogP contribution in [0.15, 0.2) is 58.2 Å². The molecule has 0 spiro atoms. The zero-order valence-corrected chi connectivity index (χ0v) is 18.6. The van der Waals surface area contributed by atoms with Crippen LogP contribution in [0.2, 0.25) is 5.02 Å². The minimum absolute atomic E-state index is 0.0988. The van der Waals surface area contributed by atoms with Gasteiger partial charge in [0.05, 0.1) is 5.75 Å². The Morgan fingerprint density at radius 1 is 1.13 bits per heavy atom. The van der Waals surface area contributed by atoms with Gasteiger partial charge in [-0.3, -0.25) is 4.79 Å². The fourth-order valence-electron chi connectivity index (χ4n) is 3.20. The van der Waals surface area contributed by atoms with Crippen molar-refractivity contribution in [2.75, 3.05) is 5.75 Å². The first-order chi connectivity index (χ1) is 14.5. The molecule has 1 aromatic heterocycles. The van der Waals surface area contributed by atoms with Gasteiger partial charge in [-0.2, -0.15) is 0 Å². The number of thioether (sulfide) groups is 1. The fourth-order valence-corrected chi connectivity index (χ4v) is 3.97. The third kappa shape index (κ3) is 5.24. The van der Waals surface area contributed by atoms with Crippen LogP contribution in [0.4, 0.5) is 0 Å². The van der Waals surface area contributed by atoms with Gasteiger partial charge < -0.3 is 9.32 Å². The normalized spacial score (nSPS) is 13.6. The van der Waals surface area contributed by atoms with Crippen LogP contribution < -0.4 is 0 Å². The van der Waals surface area contributed by atoms with Crippen LogP contribution in [-0.2, 0) is 11.3 Å². The van der Waals surface area contributed by atoms with Gasteiger partial charge >= 0.3 is 0 Å². The molecule has 1 aliphatic carbocycles. The Hall–Kier alpha value is -2.31. The summed E-state index contributed by atoms with van der Waals surface area (Å²) in [6.07, 6.45) is 2.14. The number of hydrogen-bond donors (Lipinski definition) is 0. The summed E-state index contributed by atoms with van der Waals surface area (Å²) in [5.41, 5.74) is 3.27.